The topological polar surface area (TPSA) is 61.1 Å². The van der Waals surface area contributed by atoms with Gasteiger partial charge >= 0.3 is 5.97 Å². The van der Waals surface area contributed by atoms with Gasteiger partial charge < -0.3 is 5.11 Å². The summed E-state index contributed by atoms with van der Waals surface area (Å²) < 4.78 is 0. The van der Waals surface area contributed by atoms with Crippen LogP contribution in [-0.4, -0.2) is 11.1 Å². The van der Waals surface area contributed by atoms with Crippen molar-refractivity contribution < 1.29 is 9.90 Å². The van der Waals surface area contributed by atoms with Gasteiger partial charge in [0.1, 0.15) is 0 Å². The third-order valence-corrected chi connectivity index (χ3v) is 2.93. The monoisotopic (exact) mass is 151 g/mol. The van der Waals surface area contributed by atoms with E-state index >= 15 is 0 Å². The average Bonchev–Trinajstić information content (AvgIpc) is 2.61. The summed E-state index contributed by atoms with van der Waals surface area (Å²) in [4.78, 5) is 10.6. The van der Waals surface area contributed by atoms with Crippen LogP contribution in [-0.2, 0) is 4.79 Å². The van der Waals surface area contributed by atoms with Crippen molar-refractivity contribution in [2.75, 3.05) is 0 Å². The smallest absolute Gasteiger partial charge is 0.324 e. The molecule has 0 amide bonds. The fourth-order valence-corrected chi connectivity index (χ4v) is 2.04. The Kier molecular flexibility index (Phi) is 0.956. The molecule has 0 heterocycles. The van der Waals surface area contributed by atoms with Crippen molar-refractivity contribution in [2.24, 2.45) is 10.8 Å². The quantitative estimate of drug-likeness (QED) is 0.611. The molecule has 0 aromatic rings. The Morgan fingerprint density at radius 1 is 1.45 bits per heavy atom. The van der Waals surface area contributed by atoms with E-state index in [2.05, 4.69) is 0 Å². The average molecular weight is 151 g/mol. The van der Waals surface area contributed by atoms with Crippen LogP contribution >= 0.6 is 0 Å². The highest BCUT2D eigenvalue weighted by Gasteiger charge is 2.65. The van der Waals surface area contributed by atoms with Crippen LogP contribution in [0.4, 0.5) is 0 Å². The zero-order chi connectivity index (χ0) is 8.11. The first kappa shape index (κ1) is 6.66. The molecule has 0 aliphatic heterocycles. The van der Waals surface area contributed by atoms with E-state index in [1.54, 1.807) is 0 Å². The van der Waals surface area contributed by atoms with Crippen molar-refractivity contribution in [2.45, 2.75) is 25.7 Å². The van der Waals surface area contributed by atoms with Gasteiger partial charge in [0.2, 0.25) is 0 Å². The van der Waals surface area contributed by atoms with Gasteiger partial charge in [0.15, 0.2) is 5.41 Å². The molecule has 11 heavy (non-hydrogen) atoms. The van der Waals surface area contributed by atoms with Crippen molar-refractivity contribution in [1.82, 2.24) is 0 Å². The fourth-order valence-electron chi connectivity index (χ4n) is 2.04. The highest BCUT2D eigenvalue weighted by atomic mass is 16.4. The van der Waals surface area contributed by atoms with Crippen molar-refractivity contribution in [3.05, 3.63) is 0 Å². The van der Waals surface area contributed by atoms with Gasteiger partial charge in [-0.25, -0.2) is 0 Å². The van der Waals surface area contributed by atoms with E-state index < -0.39 is 11.4 Å². The van der Waals surface area contributed by atoms with E-state index in [4.69, 9.17) is 10.4 Å². The van der Waals surface area contributed by atoms with E-state index in [0.29, 0.717) is 12.8 Å². The molecule has 0 atom stereocenters. The van der Waals surface area contributed by atoms with Crippen LogP contribution in [0.3, 0.4) is 0 Å². The van der Waals surface area contributed by atoms with Crippen molar-refractivity contribution in [3.8, 4) is 6.07 Å². The maximum absolute atomic E-state index is 10.6. The van der Waals surface area contributed by atoms with Crippen LogP contribution in [0.2, 0.25) is 0 Å². The Bertz CT molecular complexity index is 252. The minimum Gasteiger partial charge on any atom is -0.480 e. The Balaban J connectivity index is 2.13. The molecule has 0 unspecified atom stereocenters. The second-order valence-corrected chi connectivity index (χ2v) is 3.85. The van der Waals surface area contributed by atoms with Crippen LogP contribution in [0, 0.1) is 22.2 Å². The SMILES string of the molecule is N#CC1(C(=O)O)CC2(CC2)C1. The maximum Gasteiger partial charge on any atom is 0.324 e. The van der Waals surface area contributed by atoms with E-state index in [0.717, 1.165) is 12.8 Å². The lowest BCUT2D eigenvalue weighted by Gasteiger charge is -2.39. The molecule has 2 fully saturated rings. The van der Waals surface area contributed by atoms with Crippen LogP contribution in [0.15, 0.2) is 0 Å². The predicted octanol–water partition coefficient (Wildman–Crippen LogP) is 1.15. The first-order chi connectivity index (χ1) is 5.13. The summed E-state index contributed by atoms with van der Waals surface area (Å²) in [7, 11) is 0. The maximum atomic E-state index is 10.6. The molecule has 2 aliphatic carbocycles. The zero-order valence-electron chi connectivity index (χ0n) is 6.13. The van der Waals surface area contributed by atoms with Crippen LogP contribution < -0.4 is 0 Å². The molecule has 2 aliphatic rings. The summed E-state index contributed by atoms with van der Waals surface area (Å²) >= 11 is 0. The van der Waals surface area contributed by atoms with E-state index in [-0.39, 0.29) is 5.41 Å². The van der Waals surface area contributed by atoms with Crippen molar-refractivity contribution >= 4 is 5.97 Å². The van der Waals surface area contributed by atoms with Crippen LogP contribution in [0.25, 0.3) is 0 Å². The third kappa shape index (κ3) is 0.697. The number of aliphatic carboxylic acids is 1. The lowest BCUT2D eigenvalue weighted by molar-refractivity contribution is -0.153. The Morgan fingerprint density at radius 2 is 2.00 bits per heavy atom. The number of carbonyl (C=O) groups is 1. The second-order valence-electron chi connectivity index (χ2n) is 3.85. The first-order valence-electron chi connectivity index (χ1n) is 3.77. The minimum atomic E-state index is -1.02. The lowest BCUT2D eigenvalue weighted by Crippen LogP contribution is -2.43. The highest BCUT2D eigenvalue weighted by Crippen LogP contribution is 2.68. The predicted molar refractivity (Wildman–Crippen MR) is 36.6 cm³/mol. The van der Waals surface area contributed by atoms with Crippen molar-refractivity contribution in [3.63, 3.8) is 0 Å². The van der Waals surface area contributed by atoms with Gasteiger partial charge in [-0.05, 0) is 31.1 Å². The number of carboxylic acid groups (broad SMARTS) is 1. The molecular formula is C8H9NO2. The molecule has 1 N–H and O–H groups in total. The Morgan fingerprint density at radius 3 is 2.27 bits per heavy atom. The summed E-state index contributed by atoms with van der Waals surface area (Å²) in [6, 6.07) is 1.91. The molecule has 0 saturated heterocycles. The normalized spacial score (nSPS) is 28.6. The molecule has 0 bridgehead atoms. The molecular weight excluding hydrogens is 142 g/mol. The van der Waals surface area contributed by atoms with Gasteiger partial charge in [0.05, 0.1) is 6.07 Å². The molecule has 2 saturated carbocycles. The summed E-state index contributed by atoms with van der Waals surface area (Å²) in [5.41, 5.74) is -0.732. The lowest BCUT2D eigenvalue weighted by atomic mass is 9.60. The minimum absolute atomic E-state index is 0.286. The van der Waals surface area contributed by atoms with Gasteiger partial charge in [-0.1, -0.05) is 0 Å². The van der Waals surface area contributed by atoms with Crippen LogP contribution in [0.1, 0.15) is 25.7 Å². The van der Waals surface area contributed by atoms with E-state index in [1.807, 2.05) is 6.07 Å². The molecule has 0 aromatic carbocycles. The largest absolute Gasteiger partial charge is 0.480 e. The first-order valence-corrected chi connectivity index (χ1v) is 3.77. The molecule has 0 radical (unpaired) electrons. The number of rotatable bonds is 1. The van der Waals surface area contributed by atoms with Crippen LogP contribution in [0.5, 0.6) is 0 Å². The van der Waals surface area contributed by atoms with Gasteiger partial charge in [0, 0.05) is 0 Å². The van der Waals surface area contributed by atoms with E-state index in [1.165, 1.54) is 0 Å². The summed E-state index contributed by atoms with van der Waals surface area (Å²) in [6.07, 6.45) is 3.44. The molecule has 0 aromatic heterocycles. The number of hydrogen-bond acceptors (Lipinski definition) is 2. The number of carboxylic acids is 1. The zero-order valence-corrected chi connectivity index (χ0v) is 6.13. The standard InChI is InChI=1S/C8H9NO2/c9-5-8(6(10)11)3-7(4-8)1-2-7/h1-4H2,(H,10,11). The van der Waals surface area contributed by atoms with Gasteiger partial charge in [-0.15, -0.1) is 0 Å². The van der Waals surface area contributed by atoms with Gasteiger partial charge in [-0.2, -0.15) is 5.26 Å². The molecule has 3 heteroatoms. The summed E-state index contributed by atoms with van der Waals surface area (Å²) in [5.74, 6) is -0.933. The van der Waals surface area contributed by atoms with Gasteiger partial charge in [-0.3, -0.25) is 4.79 Å². The van der Waals surface area contributed by atoms with Gasteiger partial charge in [0.25, 0.3) is 0 Å². The Labute approximate surface area is 64.6 Å². The molecule has 1 spiro atoms. The third-order valence-electron chi connectivity index (χ3n) is 2.93. The second kappa shape index (κ2) is 1.58. The van der Waals surface area contributed by atoms with Crippen molar-refractivity contribution in [1.29, 1.82) is 5.26 Å². The molecule has 3 nitrogen and oxygen atoms in total. The summed E-state index contributed by atoms with van der Waals surface area (Å²) in [6.45, 7) is 0. The number of hydrogen-bond donors (Lipinski definition) is 1. The number of nitrogens with zero attached hydrogens (tertiary/aromatic N) is 1. The fraction of sp³-hybridized carbons (Fsp3) is 0.750. The summed E-state index contributed by atoms with van der Waals surface area (Å²) in [5, 5.41) is 17.4. The Hall–Kier alpha value is -1.04. The highest BCUT2D eigenvalue weighted by molar-refractivity contribution is 5.80. The molecule has 58 valence electrons. The number of nitriles is 1. The van der Waals surface area contributed by atoms with E-state index in [9.17, 15) is 4.79 Å². The molecule has 2 rings (SSSR count).